The molecule has 2 aromatic carbocycles. The molecule has 6 nitrogen and oxygen atoms in total. The second-order valence-corrected chi connectivity index (χ2v) is 9.68. The van der Waals surface area contributed by atoms with Gasteiger partial charge in [-0.2, -0.15) is 4.31 Å². The van der Waals surface area contributed by atoms with E-state index in [1.165, 1.54) is 10.4 Å². The summed E-state index contributed by atoms with van der Waals surface area (Å²) < 4.78 is 32.4. The second-order valence-electron chi connectivity index (χ2n) is 7.31. The van der Waals surface area contributed by atoms with E-state index in [1.807, 2.05) is 26.0 Å². The molecule has 1 atom stereocenters. The van der Waals surface area contributed by atoms with Crippen LogP contribution in [0.1, 0.15) is 25.3 Å². The van der Waals surface area contributed by atoms with Crippen molar-refractivity contribution in [1.29, 1.82) is 0 Å². The normalized spacial score (nSPS) is 16.6. The molecule has 3 rings (SSSR count). The molecule has 29 heavy (non-hydrogen) atoms. The van der Waals surface area contributed by atoms with Crippen LogP contribution >= 0.6 is 11.6 Å². The van der Waals surface area contributed by atoms with E-state index in [4.69, 9.17) is 16.3 Å². The molecule has 0 saturated carbocycles. The van der Waals surface area contributed by atoms with Gasteiger partial charge >= 0.3 is 0 Å². The Bertz CT molecular complexity index is 955. The molecule has 1 aliphatic heterocycles. The van der Waals surface area contributed by atoms with Crippen LogP contribution in [0.4, 0.5) is 5.69 Å². The number of nitrogens with one attached hydrogen (secondary N) is 1. The molecular formula is C21H25ClN2O4S. The zero-order chi connectivity index (χ0) is 21.0. The fourth-order valence-electron chi connectivity index (χ4n) is 3.40. The standard InChI is InChI=1S/C21H25ClN2O4S/c1-15(2)20(16-6-8-17(22)9-7-16)21(25)23-18-4-3-5-19(14-18)29(26,27)24-10-12-28-13-11-24/h3-9,14-15,20H,10-13H2,1-2H3,(H,23,25)/t20-/m0/s1. The van der Waals surface area contributed by atoms with Gasteiger partial charge in [0.25, 0.3) is 0 Å². The average molecular weight is 437 g/mol. The SMILES string of the molecule is CC(C)[C@H](C(=O)Nc1cccc(S(=O)(=O)N2CCOCC2)c1)c1ccc(Cl)cc1. The third-order valence-electron chi connectivity index (χ3n) is 4.89. The fraction of sp³-hybridized carbons (Fsp3) is 0.381. The molecule has 0 aliphatic carbocycles. The summed E-state index contributed by atoms with van der Waals surface area (Å²) in [5, 5.41) is 3.48. The molecule has 1 aliphatic rings. The lowest BCUT2D eigenvalue weighted by Crippen LogP contribution is -2.40. The molecule has 1 N–H and O–H groups in total. The van der Waals surface area contributed by atoms with Gasteiger partial charge in [0, 0.05) is 23.8 Å². The number of hydrogen-bond donors (Lipinski definition) is 1. The Morgan fingerprint density at radius 1 is 1.10 bits per heavy atom. The van der Waals surface area contributed by atoms with Gasteiger partial charge in [-0.05, 0) is 41.8 Å². The summed E-state index contributed by atoms with van der Waals surface area (Å²) in [5.41, 5.74) is 1.31. The number of rotatable bonds is 6. The van der Waals surface area contributed by atoms with Crippen molar-refractivity contribution in [1.82, 2.24) is 4.31 Å². The lowest BCUT2D eigenvalue weighted by atomic mass is 9.87. The molecule has 0 bridgehead atoms. The Labute approximate surface area is 176 Å². The van der Waals surface area contributed by atoms with E-state index in [0.717, 1.165) is 5.56 Å². The molecule has 0 radical (unpaired) electrons. The number of amides is 1. The van der Waals surface area contributed by atoms with Gasteiger partial charge in [-0.25, -0.2) is 8.42 Å². The van der Waals surface area contributed by atoms with E-state index in [0.29, 0.717) is 37.0 Å². The first-order chi connectivity index (χ1) is 13.8. The summed E-state index contributed by atoms with van der Waals surface area (Å²) in [6.07, 6.45) is 0. The van der Waals surface area contributed by atoms with E-state index < -0.39 is 10.0 Å². The quantitative estimate of drug-likeness (QED) is 0.748. The minimum atomic E-state index is -3.63. The van der Waals surface area contributed by atoms with Crippen LogP contribution in [0, 0.1) is 5.92 Å². The van der Waals surface area contributed by atoms with Crippen molar-refractivity contribution in [2.45, 2.75) is 24.7 Å². The van der Waals surface area contributed by atoms with Gasteiger partial charge < -0.3 is 10.1 Å². The molecule has 0 unspecified atom stereocenters. The molecule has 1 heterocycles. The van der Waals surface area contributed by atoms with Crippen LogP contribution in [0.2, 0.25) is 5.02 Å². The van der Waals surface area contributed by atoms with Crippen molar-refractivity contribution in [3.8, 4) is 0 Å². The molecule has 1 saturated heterocycles. The Morgan fingerprint density at radius 2 is 1.76 bits per heavy atom. The van der Waals surface area contributed by atoms with Gasteiger partial charge in [-0.3, -0.25) is 4.79 Å². The van der Waals surface area contributed by atoms with Crippen LogP contribution in [0.3, 0.4) is 0 Å². The van der Waals surface area contributed by atoms with Gasteiger partial charge in [0.1, 0.15) is 0 Å². The smallest absolute Gasteiger partial charge is 0.243 e. The number of anilines is 1. The predicted molar refractivity (Wildman–Crippen MR) is 114 cm³/mol. The lowest BCUT2D eigenvalue weighted by molar-refractivity contribution is -0.118. The highest BCUT2D eigenvalue weighted by atomic mass is 35.5. The number of hydrogen-bond acceptors (Lipinski definition) is 4. The number of nitrogens with zero attached hydrogens (tertiary/aromatic N) is 1. The van der Waals surface area contributed by atoms with Crippen LogP contribution in [-0.4, -0.2) is 44.9 Å². The fourth-order valence-corrected chi connectivity index (χ4v) is 4.98. The number of halogens is 1. The highest BCUT2D eigenvalue weighted by Crippen LogP contribution is 2.28. The summed E-state index contributed by atoms with van der Waals surface area (Å²) in [5.74, 6) is -0.522. The van der Waals surface area contributed by atoms with Crippen LogP contribution < -0.4 is 5.32 Å². The van der Waals surface area contributed by atoms with Crippen molar-refractivity contribution in [3.05, 3.63) is 59.1 Å². The third kappa shape index (κ3) is 5.17. The zero-order valence-corrected chi connectivity index (χ0v) is 18.0. The van der Waals surface area contributed by atoms with Crippen molar-refractivity contribution in [2.75, 3.05) is 31.6 Å². The number of morpholine rings is 1. The van der Waals surface area contributed by atoms with Crippen LogP contribution in [0.5, 0.6) is 0 Å². The minimum absolute atomic E-state index is 0.0523. The third-order valence-corrected chi connectivity index (χ3v) is 7.03. The number of carbonyl (C=O) groups excluding carboxylic acids is 1. The van der Waals surface area contributed by atoms with Gasteiger partial charge in [-0.15, -0.1) is 0 Å². The van der Waals surface area contributed by atoms with Gasteiger partial charge in [0.2, 0.25) is 15.9 Å². The number of sulfonamides is 1. The molecule has 2 aromatic rings. The molecule has 8 heteroatoms. The van der Waals surface area contributed by atoms with Crippen LogP contribution in [-0.2, 0) is 19.6 Å². The Balaban J connectivity index is 1.81. The molecule has 0 spiro atoms. The molecular weight excluding hydrogens is 412 g/mol. The first kappa shape index (κ1) is 21.8. The summed E-state index contributed by atoms with van der Waals surface area (Å²) >= 11 is 5.96. The van der Waals surface area contributed by atoms with E-state index in [1.54, 1.807) is 30.3 Å². The maximum atomic E-state index is 13.0. The van der Waals surface area contributed by atoms with Crippen molar-refractivity contribution >= 4 is 33.2 Å². The Kier molecular flexibility index (Phi) is 6.95. The Morgan fingerprint density at radius 3 is 2.38 bits per heavy atom. The first-order valence-corrected chi connectivity index (χ1v) is 11.3. The van der Waals surface area contributed by atoms with E-state index in [2.05, 4.69) is 5.32 Å². The summed E-state index contributed by atoms with van der Waals surface area (Å²) in [7, 11) is -3.63. The summed E-state index contributed by atoms with van der Waals surface area (Å²) in [4.78, 5) is 13.1. The van der Waals surface area contributed by atoms with Crippen molar-refractivity contribution in [3.63, 3.8) is 0 Å². The van der Waals surface area contributed by atoms with E-state index in [-0.39, 0.29) is 22.6 Å². The van der Waals surface area contributed by atoms with Crippen molar-refractivity contribution in [2.24, 2.45) is 5.92 Å². The van der Waals surface area contributed by atoms with E-state index >= 15 is 0 Å². The largest absolute Gasteiger partial charge is 0.379 e. The number of ether oxygens (including phenoxy) is 1. The van der Waals surface area contributed by atoms with Crippen molar-refractivity contribution < 1.29 is 17.9 Å². The maximum Gasteiger partial charge on any atom is 0.243 e. The average Bonchev–Trinajstić information content (AvgIpc) is 2.70. The van der Waals surface area contributed by atoms with Crippen LogP contribution in [0.25, 0.3) is 0 Å². The zero-order valence-electron chi connectivity index (χ0n) is 16.5. The molecule has 1 fully saturated rings. The maximum absolute atomic E-state index is 13.0. The summed E-state index contributed by atoms with van der Waals surface area (Å²) in [6, 6.07) is 13.6. The van der Waals surface area contributed by atoms with Gasteiger partial charge in [0.15, 0.2) is 0 Å². The Hall–Kier alpha value is -1.93. The lowest BCUT2D eigenvalue weighted by Gasteiger charge is -2.26. The first-order valence-electron chi connectivity index (χ1n) is 9.53. The monoisotopic (exact) mass is 436 g/mol. The molecule has 156 valence electrons. The summed E-state index contributed by atoms with van der Waals surface area (Å²) in [6.45, 7) is 5.35. The molecule has 0 aromatic heterocycles. The number of benzene rings is 2. The van der Waals surface area contributed by atoms with Crippen LogP contribution in [0.15, 0.2) is 53.4 Å². The van der Waals surface area contributed by atoms with Gasteiger partial charge in [0.05, 0.1) is 24.0 Å². The topological polar surface area (TPSA) is 75.7 Å². The van der Waals surface area contributed by atoms with E-state index in [9.17, 15) is 13.2 Å². The predicted octanol–water partition coefficient (Wildman–Crippen LogP) is 3.74. The number of carbonyl (C=O) groups is 1. The minimum Gasteiger partial charge on any atom is -0.379 e. The highest BCUT2D eigenvalue weighted by Gasteiger charge is 2.28. The van der Waals surface area contributed by atoms with Gasteiger partial charge in [-0.1, -0.05) is 43.6 Å². The second kappa shape index (κ2) is 9.26. The highest BCUT2D eigenvalue weighted by molar-refractivity contribution is 7.89. The molecule has 1 amide bonds.